The quantitative estimate of drug-likeness (QED) is 0.916. The Morgan fingerprint density at radius 2 is 2.22 bits per heavy atom. The highest BCUT2D eigenvalue weighted by Crippen LogP contribution is 2.32. The molecule has 2 N–H and O–H groups in total. The molecule has 0 fully saturated rings. The van der Waals surface area contributed by atoms with Crippen LogP contribution in [0.15, 0.2) is 23.6 Å². The van der Waals surface area contributed by atoms with Gasteiger partial charge in [0.2, 0.25) is 0 Å². The first-order valence-electron chi connectivity index (χ1n) is 6.01. The summed E-state index contributed by atoms with van der Waals surface area (Å²) in [6, 6.07) is 6.13. The smallest absolute Gasteiger partial charge is 0.128 e. The third kappa shape index (κ3) is 2.54. The number of rotatable bonds is 4. The summed E-state index contributed by atoms with van der Waals surface area (Å²) < 4.78 is 5.38. The number of aryl methyl sites for hydroxylation is 1. The first-order chi connectivity index (χ1) is 8.65. The van der Waals surface area contributed by atoms with Crippen molar-refractivity contribution in [2.75, 3.05) is 7.11 Å². The Hall–Kier alpha value is -1.39. The molecule has 0 spiro atoms. The molecule has 96 valence electrons. The van der Waals surface area contributed by atoms with E-state index in [0.717, 1.165) is 28.4 Å². The third-order valence-electron chi connectivity index (χ3n) is 2.91. The van der Waals surface area contributed by atoms with Gasteiger partial charge in [-0.05, 0) is 25.5 Å². The van der Waals surface area contributed by atoms with Gasteiger partial charge in [-0.1, -0.05) is 18.6 Å². The van der Waals surface area contributed by atoms with Crippen LogP contribution in [0.1, 0.15) is 30.0 Å². The van der Waals surface area contributed by atoms with Crippen molar-refractivity contribution in [3.63, 3.8) is 0 Å². The van der Waals surface area contributed by atoms with Crippen LogP contribution in [0.5, 0.6) is 5.75 Å². The average molecular weight is 262 g/mol. The van der Waals surface area contributed by atoms with Gasteiger partial charge in [-0.25, -0.2) is 4.98 Å². The fourth-order valence-corrected chi connectivity index (χ4v) is 2.68. The highest BCUT2D eigenvalue weighted by Gasteiger charge is 2.13. The van der Waals surface area contributed by atoms with E-state index in [0.29, 0.717) is 0 Å². The van der Waals surface area contributed by atoms with Crippen LogP contribution in [0.25, 0.3) is 11.3 Å². The van der Waals surface area contributed by atoms with Crippen LogP contribution in [0.4, 0.5) is 0 Å². The lowest BCUT2D eigenvalue weighted by atomic mass is 10.1. The van der Waals surface area contributed by atoms with E-state index < -0.39 is 0 Å². The zero-order valence-electron chi connectivity index (χ0n) is 10.9. The Morgan fingerprint density at radius 1 is 1.44 bits per heavy atom. The molecule has 1 aromatic heterocycles. The maximum Gasteiger partial charge on any atom is 0.128 e. The first kappa shape index (κ1) is 13.1. The van der Waals surface area contributed by atoms with E-state index in [1.165, 1.54) is 5.56 Å². The van der Waals surface area contributed by atoms with Gasteiger partial charge in [-0.15, -0.1) is 11.3 Å². The molecule has 2 aromatic rings. The fraction of sp³-hybridized carbons (Fsp3) is 0.357. The molecule has 0 saturated carbocycles. The van der Waals surface area contributed by atoms with E-state index in [9.17, 15) is 0 Å². The summed E-state index contributed by atoms with van der Waals surface area (Å²) in [6.45, 7) is 4.13. The predicted molar refractivity (Wildman–Crippen MR) is 76.1 cm³/mol. The van der Waals surface area contributed by atoms with Crippen molar-refractivity contribution in [1.29, 1.82) is 0 Å². The van der Waals surface area contributed by atoms with Gasteiger partial charge < -0.3 is 10.5 Å². The van der Waals surface area contributed by atoms with Crippen LogP contribution < -0.4 is 10.5 Å². The van der Waals surface area contributed by atoms with E-state index >= 15 is 0 Å². The molecule has 18 heavy (non-hydrogen) atoms. The second kappa shape index (κ2) is 5.50. The molecular formula is C14H18N2OS. The maximum atomic E-state index is 6.00. The van der Waals surface area contributed by atoms with Gasteiger partial charge in [0.1, 0.15) is 10.8 Å². The Labute approximate surface area is 112 Å². The number of thiazole rings is 1. The minimum Gasteiger partial charge on any atom is -0.496 e. The molecule has 0 aliphatic heterocycles. The van der Waals surface area contributed by atoms with E-state index in [-0.39, 0.29) is 6.04 Å². The molecule has 0 bridgehead atoms. The highest BCUT2D eigenvalue weighted by atomic mass is 32.1. The van der Waals surface area contributed by atoms with Crippen molar-refractivity contribution < 1.29 is 4.74 Å². The molecule has 1 aromatic carbocycles. The first-order valence-corrected chi connectivity index (χ1v) is 6.89. The molecular weight excluding hydrogens is 244 g/mol. The summed E-state index contributed by atoms with van der Waals surface area (Å²) in [5, 5.41) is 3.03. The standard InChI is InChI=1S/C14H18N2OS/c1-4-11(15)14-16-12(8-18-14)10-7-9(2)5-6-13(10)17-3/h5-8,11H,4,15H2,1-3H3. The van der Waals surface area contributed by atoms with Crippen molar-refractivity contribution in [2.24, 2.45) is 5.73 Å². The largest absolute Gasteiger partial charge is 0.496 e. The average Bonchev–Trinajstić information content (AvgIpc) is 2.87. The molecule has 3 nitrogen and oxygen atoms in total. The maximum absolute atomic E-state index is 6.00. The second-order valence-electron chi connectivity index (χ2n) is 4.29. The van der Waals surface area contributed by atoms with Crippen LogP contribution in [0.3, 0.4) is 0 Å². The molecule has 0 aliphatic carbocycles. The number of ether oxygens (including phenoxy) is 1. The summed E-state index contributed by atoms with van der Waals surface area (Å²) in [6.07, 6.45) is 0.901. The lowest BCUT2D eigenvalue weighted by Gasteiger charge is -2.07. The van der Waals surface area contributed by atoms with Crippen LogP contribution in [0.2, 0.25) is 0 Å². The lowest BCUT2D eigenvalue weighted by Crippen LogP contribution is -2.07. The zero-order chi connectivity index (χ0) is 13.1. The van der Waals surface area contributed by atoms with Gasteiger partial charge in [0, 0.05) is 10.9 Å². The number of hydrogen-bond acceptors (Lipinski definition) is 4. The molecule has 0 aliphatic rings. The van der Waals surface area contributed by atoms with Crippen molar-refractivity contribution in [3.05, 3.63) is 34.2 Å². The van der Waals surface area contributed by atoms with Crippen LogP contribution in [-0.4, -0.2) is 12.1 Å². The molecule has 4 heteroatoms. The van der Waals surface area contributed by atoms with E-state index in [1.54, 1.807) is 18.4 Å². The normalized spacial score (nSPS) is 12.4. The van der Waals surface area contributed by atoms with Gasteiger partial charge in [0.05, 0.1) is 18.8 Å². The van der Waals surface area contributed by atoms with Gasteiger partial charge in [-0.3, -0.25) is 0 Å². The number of hydrogen-bond donors (Lipinski definition) is 1. The minimum absolute atomic E-state index is 0.0274. The monoisotopic (exact) mass is 262 g/mol. The molecule has 1 atom stereocenters. The Kier molecular flexibility index (Phi) is 3.99. The molecule has 1 unspecified atom stereocenters. The summed E-state index contributed by atoms with van der Waals surface area (Å²) >= 11 is 1.61. The Bertz CT molecular complexity index is 536. The molecule has 0 radical (unpaired) electrons. The third-order valence-corrected chi connectivity index (χ3v) is 3.89. The van der Waals surface area contributed by atoms with Gasteiger partial charge >= 0.3 is 0 Å². The number of methoxy groups -OCH3 is 1. The molecule has 1 heterocycles. The molecule has 0 amide bonds. The SMILES string of the molecule is CCC(N)c1nc(-c2cc(C)ccc2OC)cs1. The second-order valence-corrected chi connectivity index (χ2v) is 5.18. The summed E-state index contributed by atoms with van der Waals surface area (Å²) in [5.41, 5.74) is 9.17. The Balaban J connectivity index is 2.42. The van der Waals surface area contributed by atoms with Gasteiger partial charge in [-0.2, -0.15) is 0 Å². The predicted octanol–water partition coefficient (Wildman–Crippen LogP) is 3.54. The van der Waals surface area contributed by atoms with Crippen molar-refractivity contribution in [2.45, 2.75) is 26.3 Å². The topological polar surface area (TPSA) is 48.1 Å². The fourth-order valence-electron chi connectivity index (χ4n) is 1.78. The highest BCUT2D eigenvalue weighted by molar-refractivity contribution is 7.10. The zero-order valence-corrected chi connectivity index (χ0v) is 11.8. The van der Waals surface area contributed by atoms with Crippen LogP contribution in [-0.2, 0) is 0 Å². The van der Waals surface area contributed by atoms with Gasteiger partial charge in [0.25, 0.3) is 0 Å². The number of nitrogens with two attached hydrogens (primary N) is 1. The minimum atomic E-state index is 0.0274. The van der Waals surface area contributed by atoms with Gasteiger partial charge in [0.15, 0.2) is 0 Å². The number of nitrogens with zero attached hydrogens (tertiary/aromatic N) is 1. The Morgan fingerprint density at radius 3 is 2.89 bits per heavy atom. The number of benzene rings is 1. The summed E-state index contributed by atoms with van der Waals surface area (Å²) in [4.78, 5) is 4.61. The van der Waals surface area contributed by atoms with E-state index in [4.69, 9.17) is 10.5 Å². The summed E-state index contributed by atoms with van der Waals surface area (Å²) in [5.74, 6) is 0.850. The van der Waals surface area contributed by atoms with Crippen molar-refractivity contribution >= 4 is 11.3 Å². The molecule has 0 saturated heterocycles. The summed E-state index contributed by atoms with van der Waals surface area (Å²) in [7, 11) is 1.68. The van der Waals surface area contributed by atoms with Crippen molar-refractivity contribution in [3.8, 4) is 17.0 Å². The van der Waals surface area contributed by atoms with Crippen LogP contribution >= 0.6 is 11.3 Å². The van der Waals surface area contributed by atoms with Crippen molar-refractivity contribution in [1.82, 2.24) is 4.98 Å². The molecule has 2 rings (SSSR count). The van der Waals surface area contributed by atoms with E-state index in [2.05, 4.69) is 24.9 Å². The van der Waals surface area contributed by atoms with Crippen LogP contribution in [0, 0.1) is 6.92 Å². The van der Waals surface area contributed by atoms with E-state index in [1.807, 2.05) is 17.5 Å². The lowest BCUT2D eigenvalue weighted by molar-refractivity contribution is 0.416. The number of aromatic nitrogens is 1.